The summed E-state index contributed by atoms with van der Waals surface area (Å²) in [6.07, 6.45) is 16.6. The van der Waals surface area contributed by atoms with Gasteiger partial charge in [-0.1, -0.05) is 57.1 Å². The van der Waals surface area contributed by atoms with Crippen LogP contribution >= 0.6 is 23.5 Å². The third-order valence-corrected chi connectivity index (χ3v) is 16.6. The van der Waals surface area contributed by atoms with E-state index in [0.717, 1.165) is 133 Å². The Morgan fingerprint density at radius 3 is 1.58 bits per heavy atom. The number of benzene rings is 1. The molecular formula is C54H90N8O10S2. The number of unbranched alkanes of at least 4 members (excludes halogenated alkanes) is 9. The summed E-state index contributed by atoms with van der Waals surface area (Å²) in [5.41, 5.74) is 1.26. The highest BCUT2D eigenvalue weighted by atomic mass is 32.2. The summed E-state index contributed by atoms with van der Waals surface area (Å²) >= 11 is 3.83. The predicted octanol–water partition coefficient (Wildman–Crippen LogP) is 6.19. The maximum atomic E-state index is 12.9. The number of amides is 7. The highest BCUT2D eigenvalue weighted by Crippen LogP contribution is 2.34. The normalized spacial score (nSPS) is 20.9. The molecule has 0 spiro atoms. The molecule has 20 heteroatoms. The minimum Gasteiger partial charge on any atom is -0.460 e. The molecule has 0 radical (unpaired) electrons. The average molecular weight is 1080 g/mol. The summed E-state index contributed by atoms with van der Waals surface area (Å²) in [6, 6.07) is 8.65. The molecule has 0 bridgehead atoms. The number of nitrogens with one attached hydrogen (secondary N) is 7. The average Bonchev–Trinajstić information content (AvgIpc) is 4.13. The van der Waals surface area contributed by atoms with Gasteiger partial charge in [-0.3, -0.25) is 24.1 Å². The van der Waals surface area contributed by atoms with E-state index >= 15 is 0 Å². The summed E-state index contributed by atoms with van der Waals surface area (Å²) in [6.45, 7) is 12.3. The van der Waals surface area contributed by atoms with Gasteiger partial charge in [0.1, 0.15) is 5.60 Å². The Hall–Kier alpha value is -3.82. The molecule has 74 heavy (non-hydrogen) atoms. The van der Waals surface area contributed by atoms with Gasteiger partial charge >= 0.3 is 18.0 Å². The van der Waals surface area contributed by atoms with Gasteiger partial charge < -0.3 is 56.2 Å². The van der Waals surface area contributed by atoms with Gasteiger partial charge in [0, 0.05) is 66.6 Å². The van der Waals surface area contributed by atoms with E-state index in [0.29, 0.717) is 81.6 Å². The summed E-state index contributed by atoms with van der Waals surface area (Å²) in [7, 11) is 0. The molecule has 6 atom stereocenters. The molecular weight excluding hydrogens is 985 g/mol. The van der Waals surface area contributed by atoms with E-state index in [9.17, 15) is 28.8 Å². The Balaban J connectivity index is 0.905. The molecule has 4 fully saturated rings. The van der Waals surface area contributed by atoms with Crippen LogP contribution in [0.1, 0.15) is 152 Å². The molecule has 5 rings (SSSR count). The predicted molar refractivity (Wildman–Crippen MR) is 292 cm³/mol. The first-order chi connectivity index (χ1) is 35.8. The SMILES string of the molecule is CC(C)(C)OC(=O)CCOCCOCCOCCNC(=O)c1ccc(CN(CCCCCCCNC(=O)CCCC[C@@H]2SC[C@@H]3NC(=O)N[C@@H]32)CCCCCCNC(=O)CCCC[C@@H]2SC[C@@H]3NC(=O)N[C@@H]32)cc1. The van der Waals surface area contributed by atoms with E-state index in [1.54, 1.807) is 0 Å². The second-order valence-corrected chi connectivity index (χ2v) is 23.6. The summed E-state index contributed by atoms with van der Waals surface area (Å²) < 4.78 is 21.8. The second kappa shape index (κ2) is 34.8. The van der Waals surface area contributed by atoms with Crippen molar-refractivity contribution < 1.29 is 47.7 Å². The lowest BCUT2D eigenvalue weighted by atomic mass is 10.0. The number of ether oxygens (including phenoxy) is 4. The Bertz CT molecular complexity index is 1840. The molecule has 1 aromatic rings. The number of hydrogen-bond donors (Lipinski definition) is 7. The van der Waals surface area contributed by atoms with Crippen LogP contribution in [-0.2, 0) is 39.9 Å². The molecule has 0 aliphatic carbocycles. The number of hydrogen-bond acceptors (Lipinski definition) is 13. The van der Waals surface area contributed by atoms with Crippen molar-refractivity contribution in [2.45, 2.75) is 183 Å². The number of carbonyl (C=O) groups excluding carboxylic acids is 6. The summed E-state index contributed by atoms with van der Waals surface area (Å²) in [5.74, 6) is 1.74. The van der Waals surface area contributed by atoms with Crippen molar-refractivity contribution in [1.29, 1.82) is 0 Å². The number of carbonyl (C=O) groups is 6. The van der Waals surface area contributed by atoms with Crippen LogP contribution in [0, 0.1) is 0 Å². The second-order valence-electron chi connectivity index (χ2n) is 21.0. The van der Waals surface area contributed by atoms with Crippen LogP contribution in [0.25, 0.3) is 0 Å². The molecule has 7 amide bonds. The molecule has 4 saturated heterocycles. The monoisotopic (exact) mass is 1070 g/mol. The topological polar surface area (TPSA) is 227 Å². The van der Waals surface area contributed by atoms with Crippen LogP contribution in [0.15, 0.2) is 24.3 Å². The Morgan fingerprint density at radius 2 is 1.05 bits per heavy atom. The van der Waals surface area contributed by atoms with Crippen molar-refractivity contribution >= 4 is 59.3 Å². The van der Waals surface area contributed by atoms with E-state index in [-0.39, 0.29) is 72.9 Å². The molecule has 0 saturated carbocycles. The lowest BCUT2D eigenvalue weighted by molar-refractivity contribution is -0.156. The van der Waals surface area contributed by atoms with Crippen molar-refractivity contribution in [2.24, 2.45) is 0 Å². The van der Waals surface area contributed by atoms with E-state index < -0.39 is 5.60 Å². The smallest absolute Gasteiger partial charge is 0.315 e. The zero-order chi connectivity index (χ0) is 52.8. The van der Waals surface area contributed by atoms with Gasteiger partial charge in [-0.25, -0.2) is 9.59 Å². The zero-order valence-electron chi connectivity index (χ0n) is 44.7. The fourth-order valence-corrected chi connectivity index (χ4v) is 12.8. The van der Waals surface area contributed by atoms with Gasteiger partial charge in [-0.05, 0) is 103 Å². The van der Waals surface area contributed by atoms with Crippen LogP contribution in [0.4, 0.5) is 9.59 Å². The highest BCUT2D eigenvalue weighted by molar-refractivity contribution is 8.00. The molecule has 0 aromatic heterocycles. The quantitative estimate of drug-likeness (QED) is 0.0221. The Morgan fingerprint density at radius 1 is 0.568 bits per heavy atom. The van der Waals surface area contributed by atoms with Crippen molar-refractivity contribution in [3.05, 3.63) is 35.4 Å². The lowest BCUT2D eigenvalue weighted by Gasteiger charge is -2.23. The number of esters is 1. The molecule has 7 N–H and O–H groups in total. The van der Waals surface area contributed by atoms with Gasteiger partial charge in [0.05, 0.1) is 70.2 Å². The number of rotatable bonds is 40. The highest BCUT2D eigenvalue weighted by Gasteiger charge is 2.43. The van der Waals surface area contributed by atoms with E-state index in [1.165, 1.54) is 0 Å². The zero-order valence-corrected chi connectivity index (χ0v) is 46.4. The van der Waals surface area contributed by atoms with E-state index in [2.05, 4.69) is 42.1 Å². The van der Waals surface area contributed by atoms with Gasteiger partial charge in [0.2, 0.25) is 11.8 Å². The van der Waals surface area contributed by atoms with Crippen molar-refractivity contribution in [2.75, 3.05) is 83.9 Å². The molecule has 4 heterocycles. The van der Waals surface area contributed by atoms with Crippen LogP contribution in [-0.4, -0.2) is 165 Å². The van der Waals surface area contributed by atoms with Crippen molar-refractivity contribution in [3.63, 3.8) is 0 Å². The fourth-order valence-electron chi connectivity index (χ4n) is 9.70. The van der Waals surface area contributed by atoms with E-state index in [1.807, 2.05) is 68.6 Å². The standard InChI is InChI=1S/C54H90N8O10S2/c1-54(2,3)72-48(65)25-31-69-33-35-71-36-34-70-32-28-57-51(66)41-23-21-40(22-24-41)37-62(30-16-8-6-14-27-56-47(64)20-12-10-18-45-50-43(39-74-45)59-53(68)61-50)29-15-7-4-5-13-26-55-46(63)19-11-9-17-44-49-42(38-73-44)58-52(67)60-49/h21-24,42-45,49-50H,4-20,25-39H2,1-3H3,(H,55,63)(H,56,64)(H,57,66)(H2,58,60,67)(H2,59,61,68)/t42-,43-,44-,45-,49-,50-/m0/s1. The van der Waals surface area contributed by atoms with Gasteiger partial charge in [0.25, 0.3) is 5.91 Å². The summed E-state index contributed by atoms with van der Waals surface area (Å²) in [5, 5.41) is 22.1. The first-order valence-corrected chi connectivity index (χ1v) is 29.9. The first kappa shape index (κ1) is 61.0. The van der Waals surface area contributed by atoms with Crippen LogP contribution in [0.5, 0.6) is 0 Å². The Kier molecular flexibility index (Phi) is 28.7. The van der Waals surface area contributed by atoms with Crippen LogP contribution in [0.2, 0.25) is 0 Å². The van der Waals surface area contributed by atoms with Gasteiger partial charge in [-0.2, -0.15) is 23.5 Å². The minimum absolute atomic E-state index is 0.0562. The molecule has 4 aliphatic rings. The number of urea groups is 2. The molecule has 1 aromatic carbocycles. The van der Waals surface area contributed by atoms with Crippen LogP contribution < -0.4 is 37.2 Å². The fraction of sp³-hybridized carbons (Fsp3) is 0.778. The lowest BCUT2D eigenvalue weighted by Crippen LogP contribution is -2.36. The summed E-state index contributed by atoms with van der Waals surface area (Å²) in [4.78, 5) is 75.4. The number of fused-ring (bicyclic) bond motifs is 2. The first-order valence-electron chi connectivity index (χ1n) is 27.8. The largest absolute Gasteiger partial charge is 0.460 e. The molecule has 418 valence electrons. The maximum absolute atomic E-state index is 12.9. The van der Waals surface area contributed by atoms with Crippen molar-refractivity contribution in [3.8, 4) is 0 Å². The molecule has 18 nitrogen and oxygen atoms in total. The van der Waals surface area contributed by atoms with Gasteiger partial charge in [-0.15, -0.1) is 0 Å². The maximum Gasteiger partial charge on any atom is 0.315 e. The van der Waals surface area contributed by atoms with Crippen molar-refractivity contribution in [1.82, 2.24) is 42.1 Å². The minimum atomic E-state index is -0.504. The van der Waals surface area contributed by atoms with Crippen LogP contribution in [0.3, 0.4) is 0 Å². The third kappa shape index (κ3) is 24.9. The third-order valence-electron chi connectivity index (χ3n) is 13.6. The van der Waals surface area contributed by atoms with E-state index in [4.69, 9.17) is 18.9 Å². The number of thioether (sulfide) groups is 2. The molecule has 4 aliphatic heterocycles. The Labute approximate surface area is 449 Å². The molecule has 0 unspecified atom stereocenters. The number of nitrogens with zero attached hydrogens (tertiary/aromatic N) is 1. The van der Waals surface area contributed by atoms with Gasteiger partial charge in [0.15, 0.2) is 0 Å².